The zero-order chi connectivity index (χ0) is 15.5. The third-order valence-electron chi connectivity index (χ3n) is 4.39. The fraction of sp³-hybridized carbons (Fsp3) is 0.588. The average molecular weight is 291 g/mol. The Morgan fingerprint density at radius 3 is 2.43 bits per heavy atom. The molecule has 21 heavy (non-hydrogen) atoms. The van der Waals surface area contributed by atoms with Crippen LogP contribution in [0.3, 0.4) is 0 Å². The van der Waals surface area contributed by atoms with Gasteiger partial charge in [-0.05, 0) is 18.9 Å². The number of amides is 1. The van der Waals surface area contributed by atoms with Crippen LogP contribution >= 0.6 is 0 Å². The van der Waals surface area contributed by atoms with Crippen LogP contribution in [0.1, 0.15) is 43.6 Å². The second-order valence-corrected chi connectivity index (χ2v) is 6.07. The minimum absolute atomic E-state index is 0.0658. The number of likely N-dealkylation sites (N-methyl/N-ethyl adjacent to an activating group) is 1. The molecule has 0 aromatic heterocycles. The van der Waals surface area contributed by atoms with E-state index in [2.05, 4.69) is 0 Å². The maximum atomic E-state index is 12.7. The lowest BCUT2D eigenvalue weighted by atomic mass is 9.72. The van der Waals surface area contributed by atoms with Crippen molar-refractivity contribution in [1.82, 2.24) is 4.90 Å². The van der Waals surface area contributed by atoms with Gasteiger partial charge >= 0.3 is 0 Å². The second kappa shape index (κ2) is 6.48. The number of methoxy groups -OCH3 is 1. The molecular formula is C17H25NO3. The normalized spacial score (nSPS) is 18.9. The Bertz CT molecular complexity index is 493. The summed E-state index contributed by atoms with van der Waals surface area (Å²) in [6.45, 7) is 0. The van der Waals surface area contributed by atoms with E-state index in [-0.39, 0.29) is 5.91 Å². The number of carbonyl (C=O) groups excluding carboxylic acids is 1. The van der Waals surface area contributed by atoms with E-state index in [0.29, 0.717) is 18.6 Å². The molecule has 1 aliphatic carbocycles. The number of benzene rings is 1. The molecule has 116 valence electrons. The van der Waals surface area contributed by atoms with Crippen molar-refractivity contribution in [1.29, 1.82) is 0 Å². The molecule has 4 heteroatoms. The van der Waals surface area contributed by atoms with Gasteiger partial charge in [0.2, 0.25) is 5.91 Å². The van der Waals surface area contributed by atoms with Crippen molar-refractivity contribution in [3.8, 4) is 5.75 Å². The molecule has 0 unspecified atom stereocenters. The quantitative estimate of drug-likeness (QED) is 0.927. The predicted molar refractivity (Wildman–Crippen MR) is 82.5 cm³/mol. The zero-order valence-corrected chi connectivity index (χ0v) is 13.1. The fourth-order valence-electron chi connectivity index (χ4n) is 3.27. The molecule has 1 amide bonds. The van der Waals surface area contributed by atoms with Gasteiger partial charge in [-0.2, -0.15) is 0 Å². The van der Waals surface area contributed by atoms with Crippen molar-refractivity contribution in [2.75, 3.05) is 21.2 Å². The van der Waals surface area contributed by atoms with Crippen LogP contribution in [0.15, 0.2) is 24.3 Å². The molecule has 1 N–H and O–H groups in total. The van der Waals surface area contributed by atoms with Crippen LogP contribution in [0.2, 0.25) is 0 Å². The summed E-state index contributed by atoms with van der Waals surface area (Å²) in [5.74, 6) is 0.0320. The number of hydrogen-bond donors (Lipinski definition) is 1. The molecule has 1 aromatic rings. The summed E-state index contributed by atoms with van der Waals surface area (Å²) in [6.07, 6.45) is 4.37. The summed E-state index contributed by atoms with van der Waals surface area (Å²) in [5, 5.41) is 11.1. The molecule has 0 heterocycles. The Kier molecular flexibility index (Phi) is 4.88. The van der Waals surface area contributed by atoms with E-state index in [0.717, 1.165) is 24.8 Å². The molecule has 1 saturated carbocycles. The van der Waals surface area contributed by atoms with E-state index < -0.39 is 11.5 Å². The highest BCUT2D eigenvalue weighted by Gasteiger charge is 2.44. The molecule has 0 aliphatic heterocycles. The van der Waals surface area contributed by atoms with Gasteiger partial charge in [0.15, 0.2) is 0 Å². The summed E-state index contributed by atoms with van der Waals surface area (Å²) in [6, 6.07) is 7.50. The van der Waals surface area contributed by atoms with Crippen LogP contribution in [-0.4, -0.2) is 42.7 Å². The van der Waals surface area contributed by atoms with Crippen LogP contribution < -0.4 is 4.74 Å². The van der Waals surface area contributed by atoms with Gasteiger partial charge in [0.25, 0.3) is 0 Å². The van der Waals surface area contributed by atoms with E-state index in [4.69, 9.17) is 4.74 Å². The molecule has 0 radical (unpaired) electrons. The smallest absolute Gasteiger partial charge is 0.232 e. The van der Waals surface area contributed by atoms with Crippen molar-refractivity contribution in [2.45, 2.75) is 43.6 Å². The van der Waals surface area contributed by atoms with E-state index in [9.17, 15) is 9.90 Å². The van der Waals surface area contributed by atoms with E-state index >= 15 is 0 Å². The highest BCUT2D eigenvalue weighted by molar-refractivity contribution is 5.85. The average Bonchev–Trinajstić information content (AvgIpc) is 2.48. The topological polar surface area (TPSA) is 49.8 Å². The Balaban J connectivity index is 2.48. The molecule has 0 bridgehead atoms. The molecule has 1 aromatic carbocycles. The standard InChI is InChI=1S/C17H25NO3/c1-18(2)16(19)15(17(20)11-7-4-8-12-17)13-9-5-6-10-14(13)21-3/h5-6,9-10,15,20H,4,7-8,11-12H2,1-3H3/t15-/m0/s1. The van der Waals surface area contributed by atoms with Gasteiger partial charge in [-0.25, -0.2) is 0 Å². The van der Waals surface area contributed by atoms with Crippen molar-refractivity contribution < 1.29 is 14.6 Å². The molecular weight excluding hydrogens is 266 g/mol. The highest BCUT2D eigenvalue weighted by atomic mass is 16.5. The summed E-state index contributed by atoms with van der Waals surface area (Å²) in [7, 11) is 5.06. The van der Waals surface area contributed by atoms with Gasteiger partial charge in [-0.1, -0.05) is 37.5 Å². The minimum atomic E-state index is -0.978. The number of ether oxygens (including phenoxy) is 1. The Labute approximate surface area is 126 Å². The molecule has 1 atom stereocenters. The lowest BCUT2D eigenvalue weighted by Gasteiger charge is -2.40. The summed E-state index contributed by atoms with van der Waals surface area (Å²) >= 11 is 0. The van der Waals surface area contributed by atoms with Gasteiger partial charge in [0.1, 0.15) is 5.75 Å². The Morgan fingerprint density at radius 1 is 1.24 bits per heavy atom. The predicted octanol–water partition coefficient (Wildman–Crippen LogP) is 2.56. The first-order valence-corrected chi connectivity index (χ1v) is 7.56. The van der Waals surface area contributed by atoms with E-state index in [1.807, 2.05) is 24.3 Å². The summed E-state index contributed by atoms with van der Waals surface area (Å²) < 4.78 is 5.41. The van der Waals surface area contributed by atoms with Crippen LogP contribution in [0.25, 0.3) is 0 Å². The van der Waals surface area contributed by atoms with Crippen molar-refractivity contribution in [3.05, 3.63) is 29.8 Å². The van der Waals surface area contributed by atoms with Crippen LogP contribution in [-0.2, 0) is 4.79 Å². The number of para-hydroxylation sites is 1. The maximum absolute atomic E-state index is 12.7. The molecule has 1 aliphatic rings. The Hall–Kier alpha value is -1.55. The third-order valence-corrected chi connectivity index (χ3v) is 4.39. The SMILES string of the molecule is COc1ccccc1[C@@H](C(=O)N(C)C)C1(O)CCCCC1. The molecule has 4 nitrogen and oxygen atoms in total. The first-order chi connectivity index (χ1) is 9.99. The summed E-state index contributed by atoms with van der Waals surface area (Å²) in [5.41, 5.74) is -0.197. The number of carbonyl (C=O) groups is 1. The van der Waals surface area contributed by atoms with Crippen molar-refractivity contribution >= 4 is 5.91 Å². The summed E-state index contributed by atoms with van der Waals surface area (Å²) in [4.78, 5) is 14.3. The second-order valence-electron chi connectivity index (χ2n) is 6.07. The highest BCUT2D eigenvalue weighted by Crippen LogP contribution is 2.43. The minimum Gasteiger partial charge on any atom is -0.496 e. The van der Waals surface area contributed by atoms with Gasteiger partial charge in [0.05, 0.1) is 18.6 Å². The monoisotopic (exact) mass is 291 g/mol. The number of nitrogens with zero attached hydrogens (tertiary/aromatic N) is 1. The Morgan fingerprint density at radius 2 is 1.86 bits per heavy atom. The lowest BCUT2D eigenvalue weighted by molar-refractivity contribution is -0.139. The molecule has 2 rings (SSSR count). The lowest BCUT2D eigenvalue weighted by Crippen LogP contribution is -2.46. The first-order valence-electron chi connectivity index (χ1n) is 7.56. The number of aliphatic hydroxyl groups is 1. The fourth-order valence-corrected chi connectivity index (χ4v) is 3.27. The van der Waals surface area contributed by atoms with E-state index in [1.54, 1.807) is 26.1 Å². The van der Waals surface area contributed by atoms with Crippen LogP contribution in [0.4, 0.5) is 0 Å². The van der Waals surface area contributed by atoms with Gasteiger partial charge < -0.3 is 14.7 Å². The van der Waals surface area contributed by atoms with E-state index in [1.165, 1.54) is 0 Å². The van der Waals surface area contributed by atoms with Gasteiger partial charge in [0, 0.05) is 19.7 Å². The number of hydrogen-bond acceptors (Lipinski definition) is 3. The third kappa shape index (κ3) is 3.21. The molecule has 1 fully saturated rings. The van der Waals surface area contributed by atoms with Gasteiger partial charge in [-0.3, -0.25) is 4.79 Å². The largest absolute Gasteiger partial charge is 0.496 e. The van der Waals surface area contributed by atoms with Crippen molar-refractivity contribution in [3.63, 3.8) is 0 Å². The molecule has 0 saturated heterocycles. The van der Waals surface area contributed by atoms with Crippen molar-refractivity contribution in [2.24, 2.45) is 0 Å². The maximum Gasteiger partial charge on any atom is 0.232 e. The van der Waals surface area contributed by atoms with Crippen LogP contribution in [0.5, 0.6) is 5.75 Å². The van der Waals surface area contributed by atoms with Crippen LogP contribution in [0, 0.1) is 0 Å². The first kappa shape index (κ1) is 15.8. The molecule has 0 spiro atoms. The number of rotatable bonds is 4. The van der Waals surface area contributed by atoms with Gasteiger partial charge in [-0.15, -0.1) is 0 Å². The zero-order valence-electron chi connectivity index (χ0n) is 13.1.